The number of hydrogen-bond acceptors (Lipinski definition) is 3. The number of nitrogens with one attached hydrogen (secondary N) is 1. The van der Waals surface area contributed by atoms with Crippen LogP contribution in [0.1, 0.15) is 44.2 Å². The summed E-state index contributed by atoms with van der Waals surface area (Å²) in [5.41, 5.74) is 1.26. The summed E-state index contributed by atoms with van der Waals surface area (Å²) >= 11 is 0. The quantitative estimate of drug-likeness (QED) is 0.905. The zero-order valence-electron chi connectivity index (χ0n) is 12.9. The van der Waals surface area contributed by atoms with Crippen molar-refractivity contribution >= 4 is 10.8 Å². The van der Waals surface area contributed by atoms with Crippen LogP contribution in [0.4, 0.5) is 0 Å². The smallest absolute Gasteiger partial charge is 0.0872 e. The highest BCUT2D eigenvalue weighted by molar-refractivity contribution is 5.85. The second kappa shape index (κ2) is 6.12. The van der Waals surface area contributed by atoms with Gasteiger partial charge in [0.05, 0.1) is 11.6 Å². The molecule has 1 N–H and O–H groups in total. The first kappa shape index (κ1) is 14.5. The highest BCUT2D eigenvalue weighted by Gasteiger charge is 2.42. The number of benzene rings is 1. The van der Waals surface area contributed by atoms with Crippen molar-refractivity contribution in [2.75, 3.05) is 13.7 Å². The van der Waals surface area contributed by atoms with Crippen molar-refractivity contribution in [3.63, 3.8) is 0 Å². The monoisotopic (exact) mass is 284 g/mol. The molecular weight excluding hydrogens is 260 g/mol. The average molecular weight is 284 g/mol. The third-order valence-corrected chi connectivity index (χ3v) is 4.82. The fraction of sp³-hybridized carbons (Fsp3) is 0.500. The Hall–Kier alpha value is -1.45. The molecule has 1 unspecified atom stereocenters. The first-order valence-electron chi connectivity index (χ1n) is 7.92. The lowest BCUT2D eigenvalue weighted by Crippen LogP contribution is -2.43. The molecule has 0 spiro atoms. The number of rotatable bonds is 5. The number of ether oxygens (including phenoxy) is 1. The lowest BCUT2D eigenvalue weighted by atomic mass is 9.84. The molecule has 112 valence electrons. The van der Waals surface area contributed by atoms with Crippen LogP contribution in [0.3, 0.4) is 0 Å². The van der Waals surface area contributed by atoms with Crippen LogP contribution in [-0.4, -0.2) is 24.2 Å². The van der Waals surface area contributed by atoms with E-state index in [4.69, 9.17) is 4.74 Å². The summed E-state index contributed by atoms with van der Waals surface area (Å²) in [6.45, 7) is 3.11. The van der Waals surface area contributed by atoms with E-state index in [1.165, 1.54) is 29.2 Å². The summed E-state index contributed by atoms with van der Waals surface area (Å²) in [4.78, 5) is 4.24. The van der Waals surface area contributed by atoms with Gasteiger partial charge in [0.1, 0.15) is 0 Å². The van der Waals surface area contributed by atoms with Gasteiger partial charge in [-0.15, -0.1) is 0 Å². The summed E-state index contributed by atoms with van der Waals surface area (Å²) < 4.78 is 6.04. The molecular formula is C18H24N2O. The van der Waals surface area contributed by atoms with E-state index in [0.717, 1.165) is 19.4 Å². The Bertz CT molecular complexity index is 600. The van der Waals surface area contributed by atoms with E-state index >= 15 is 0 Å². The van der Waals surface area contributed by atoms with Gasteiger partial charge < -0.3 is 10.1 Å². The van der Waals surface area contributed by atoms with E-state index in [-0.39, 0.29) is 11.6 Å². The first-order chi connectivity index (χ1) is 10.3. The Morgan fingerprint density at radius 2 is 2.10 bits per heavy atom. The van der Waals surface area contributed by atoms with Gasteiger partial charge in [-0.25, -0.2) is 0 Å². The van der Waals surface area contributed by atoms with E-state index in [1.807, 2.05) is 19.5 Å². The van der Waals surface area contributed by atoms with Crippen molar-refractivity contribution in [1.29, 1.82) is 0 Å². The summed E-state index contributed by atoms with van der Waals surface area (Å²) in [6, 6.07) is 8.84. The topological polar surface area (TPSA) is 34.2 Å². The molecule has 0 radical (unpaired) electrons. The van der Waals surface area contributed by atoms with Gasteiger partial charge in [-0.1, -0.05) is 38.0 Å². The Labute approximate surface area is 126 Å². The minimum absolute atomic E-state index is 0.0758. The van der Waals surface area contributed by atoms with Crippen molar-refractivity contribution < 1.29 is 4.74 Å². The van der Waals surface area contributed by atoms with Crippen LogP contribution >= 0.6 is 0 Å². The predicted octanol–water partition coefficient (Wildman–Crippen LogP) is 3.84. The van der Waals surface area contributed by atoms with Gasteiger partial charge in [-0.05, 0) is 36.4 Å². The summed E-state index contributed by atoms with van der Waals surface area (Å²) in [5.74, 6) is 0. The lowest BCUT2D eigenvalue weighted by molar-refractivity contribution is -0.0360. The minimum atomic E-state index is -0.0758. The summed E-state index contributed by atoms with van der Waals surface area (Å²) in [6.07, 6.45) is 8.58. The zero-order valence-corrected chi connectivity index (χ0v) is 12.9. The fourth-order valence-corrected chi connectivity index (χ4v) is 3.77. The Balaban J connectivity index is 2.11. The number of nitrogens with zero attached hydrogens (tertiary/aromatic N) is 1. The van der Waals surface area contributed by atoms with Gasteiger partial charge in [-0.3, -0.25) is 4.98 Å². The summed E-state index contributed by atoms with van der Waals surface area (Å²) in [7, 11) is 1.86. The van der Waals surface area contributed by atoms with E-state index in [9.17, 15) is 0 Å². The second-order valence-corrected chi connectivity index (χ2v) is 5.91. The fourth-order valence-electron chi connectivity index (χ4n) is 3.77. The maximum Gasteiger partial charge on any atom is 0.0872 e. The molecule has 3 nitrogen and oxygen atoms in total. The van der Waals surface area contributed by atoms with Crippen LogP contribution in [0.15, 0.2) is 36.7 Å². The molecule has 0 bridgehead atoms. The molecule has 1 heterocycles. The van der Waals surface area contributed by atoms with Crippen LogP contribution < -0.4 is 5.32 Å². The molecule has 21 heavy (non-hydrogen) atoms. The third-order valence-electron chi connectivity index (χ3n) is 4.82. The zero-order chi connectivity index (χ0) is 14.7. The van der Waals surface area contributed by atoms with Crippen molar-refractivity contribution in [3.8, 4) is 0 Å². The molecule has 2 aromatic rings. The number of methoxy groups -OCH3 is 1. The average Bonchev–Trinajstić information content (AvgIpc) is 3.02. The molecule has 3 heteroatoms. The Morgan fingerprint density at radius 1 is 1.29 bits per heavy atom. The van der Waals surface area contributed by atoms with Crippen LogP contribution in [0.2, 0.25) is 0 Å². The van der Waals surface area contributed by atoms with Gasteiger partial charge in [0.15, 0.2) is 0 Å². The van der Waals surface area contributed by atoms with Gasteiger partial charge in [-0.2, -0.15) is 0 Å². The highest BCUT2D eigenvalue weighted by atomic mass is 16.5. The number of fused-ring (bicyclic) bond motifs is 1. The lowest BCUT2D eigenvalue weighted by Gasteiger charge is -2.37. The molecule has 0 saturated heterocycles. The molecule has 1 saturated carbocycles. The molecule has 1 atom stereocenters. The minimum Gasteiger partial charge on any atom is -0.376 e. The number of likely N-dealkylation sites (N-methyl/N-ethyl adjacent to an activating group) is 1. The molecule has 1 aromatic carbocycles. The van der Waals surface area contributed by atoms with Crippen molar-refractivity contribution in [1.82, 2.24) is 10.3 Å². The molecule has 1 aliphatic rings. The Kier molecular flexibility index (Phi) is 4.22. The Morgan fingerprint density at radius 3 is 2.81 bits per heavy atom. The van der Waals surface area contributed by atoms with Crippen LogP contribution in [0.25, 0.3) is 10.8 Å². The standard InChI is InChI=1S/C18H24N2O/c1-3-20-17(18(21-2)10-4-5-11-18)16-8-6-7-14-13-19-12-9-15(14)16/h6-9,12-13,17,20H,3-5,10-11H2,1-2H3. The van der Waals surface area contributed by atoms with Crippen LogP contribution in [-0.2, 0) is 4.74 Å². The highest BCUT2D eigenvalue weighted by Crippen LogP contribution is 2.44. The van der Waals surface area contributed by atoms with E-state index in [1.54, 1.807) is 0 Å². The maximum atomic E-state index is 6.04. The molecule has 3 rings (SSSR count). The predicted molar refractivity (Wildman–Crippen MR) is 86.4 cm³/mol. The molecule has 1 aliphatic carbocycles. The van der Waals surface area contributed by atoms with Crippen molar-refractivity contribution in [2.24, 2.45) is 0 Å². The van der Waals surface area contributed by atoms with Gasteiger partial charge in [0.25, 0.3) is 0 Å². The summed E-state index contributed by atoms with van der Waals surface area (Å²) in [5, 5.41) is 6.16. The number of pyridine rings is 1. The number of hydrogen-bond donors (Lipinski definition) is 1. The van der Waals surface area contributed by atoms with Crippen molar-refractivity contribution in [2.45, 2.75) is 44.2 Å². The van der Waals surface area contributed by atoms with Crippen molar-refractivity contribution in [3.05, 3.63) is 42.2 Å². The molecule has 0 amide bonds. The molecule has 1 fully saturated rings. The maximum absolute atomic E-state index is 6.04. The van der Waals surface area contributed by atoms with Crippen LogP contribution in [0.5, 0.6) is 0 Å². The normalized spacial score (nSPS) is 19.0. The van der Waals surface area contributed by atoms with E-state index in [2.05, 4.69) is 41.5 Å². The molecule has 1 aromatic heterocycles. The van der Waals surface area contributed by atoms with E-state index < -0.39 is 0 Å². The van der Waals surface area contributed by atoms with E-state index in [0.29, 0.717) is 0 Å². The van der Waals surface area contributed by atoms with Gasteiger partial charge in [0.2, 0.25) is 0 Å². The van der Waals surface area contributed by atoms with Gasteiger partial charge in [0, 0.05) is 24.9 Å². The largest absolute Gasteiger partial charge is 0.376 e. The first-order valence-corrected chi connectivity index (χ1v) is 7.92. The second-order valence-electron chi connectivity index (χ2n) is 5.91. The third kappa shape index (κ3) is 2.56. The van der Waals surface area contributed by atoms with Crippen LogP contribution in [0, 0.1) is 0 Å². The van der Waals surface area contributed by atoms with Gasteiger partial charge >= 0.3 is 0 Å². The number of aromatic nitrogens is 1. The SMILES string of the molecule is CCNC(c1cccc2cnccc12)C1(OC)CCCC1. The molecule has 0 aliphatic heterocycles.